The highest BCUT2D eigenvalue weighted by molar-refractivity contribution is 6.07. The van der Waals surface area contributed by atoms with Crippen molar-refractivity contribution in [2.45, 2.75) is 6.92 Å². The minimum atomic E-state index is -0.0667. The van der Waals surface area contributed by atoms with Gasteiger partial charge in [-0.25, -0.2) is 0 Å². The van der Waals surface area contributed by atoms with Crippen molar-refractivity contribution in [2.24, 2.45) is 0 Å². The molecule has 23 heavy (non-hydrogen) atoms. The van der Waals surface area contributed by atoms with Crippen LogP contribution in [0.2, 0.25) is 0 Å². The van der Waals surface area contributed by atoms with Crippen LogP contribution in [0.5, 0.6) is 0 Å². The molecule has 0 saturated carbocycles. The van der Waals surface area contributed by atoms with E-state index in [4.69, 9.17) is 5.26 Å². The lowest BCUT2D eigenvalue weighted by Crippen LogP contribution is -2.30. The lowest BCUT2D eigenvalue weighted by molar-refractivity contribution is 0.0988. The molecule has 2 aromatic carbocycles. The van der Waals surface area contributed by atoms with Crippen molar-refractivity contribution in [3.63, 3.8) is 0 Å². The van der Waals surface area contributed by atoms with Crippen molar-refractivity contribution in [3.8, 4) is 6.07 Å². The van der Waals surface area contributed by atoms with Crippen molar-refractivity contribution in [3.05, 3.63) is 71.9 Å². The lowest BCUT2D eigenvalue weighted by atomic mass is 10.1. The molecule has 1 amide bonds. The van der Waals surface area contributed by atoms with E-state index in [-0.39, 0.29) is 5.91 Å². The van der Waals surface area contributed by atoms with E-state index in [1.165, 1.54) is 0 Å². The zero-order chi connectivity index (χ0) is 16.2. The number of benzene rings is 2. The summed E-state index contributed by atoms with van der Waals surface area (Å²) in [7, 11) is 0. The fourth-order valence-electron chi connectivity index (χ4n) is 2.52. The number of hydrogen-bond acceptors (Lipinski definition) is 3. The van der Waals surface area contributed by atoms with Gasteiger partial charge < -0.3 is 4.90 Å². The first kappa shape index (κ1) is 14.7. The molecule has 1 heterocycles. The molecule has 112 valence electrons. The van der Waals surface area contributed by atoms with Crippen LogP contribution >= 0.6 is 0 Å². The highest BCUT2D eigenvalue weighted by Gasteiger charge is 2.16. The van der Waals surface area contributed by atoms with Gasteiger partial charge in [-0.2, -0.15) is 5.26 Å². The Bertz CT molecular complexity index is 894. The van der Waals surface area contributed by atoms with E-state index in [9.17, 15) is 4.79 Å². The van der Waals surface area contributed by atoms with Crippen molar-refractivity contribution >= 4 is 22.5 Å². The summed E-state index contributed by atoms with van der Waals surface area (Å²) < 4.78 is 0. The van der Waals surface area contributed by atoms with Crippen LogP contribution < -0.4 is 4.90 Å². The molecule has 0 radical (unpaired) electrons. The zero-order valence-electron chi connectivity index (χ0n) is 12.7. The molecule has 0 fully saturated rings. The highest BCUT2D eigenvalue weighted by atomic mass is 16.2. The number of amides is 1. The molecule has 4 nitrogen and oxygen atoms in total. The monoisotopic (exact) mass is 301 g/mol. The zero-order valence-corrected chi connectivity index (χ0v) is 12.7. The number of anilines is 1. The average molecular weight is 301 g/mol. The molecule has 0 saturated heterocycles. The number of fused-ring (bicyclic) bond motifs is 1. The Labute approximate surface area is 134 Å². The van der Waals surface area contributed by atoms with Crippen LogP contribution in [0.4, 0.5) is 5.69 Å². The average Bonchev–Trinajstić information content (AvgIpc) is 2.62. The molecular weight excluding hydrogens is 286 g/mol. The standard InChI is InChI=1S/C19H15N3O/c1-2-22(17-8-5-14(13-20)6-9-17)19(23)16-7-10-18-15(12-16)4-3-11-21-18/h3-12H,2H2,1H3. The van der Waals surface area contributed by atoms with Gasteiger partial charge in [-0.1, -0.05) is 6.07 Å². The Kier molecular flexibility index (Phi) is 4.03. The minimum Gasteiger partial charge on any atom is -0.309 e. The fourth-order valence-corrected chi connectivity index (χ4v) is 2.52. The van der Waals surface area contributed by atoms with E-state index in [2.05, 4.69) is 11.1 Å². The first-order chi connectivity index (χ1) is 11.2. The molecule has 0 atom stereocenters. The molecule has 3 rings (SSSR count). The third-order valence-corrected chi connectivity index (χ3v) is 3.72. The Morgan fingerprint density at radius 3 is 2.65 bits per heavy atom. The number of nitrogens with zero attached hydrogens (tertiary/aromatic N) is 3. The van der Waals surface area contributed by atoms with Gasteiger partial charge in [0.25, 0.3) is 5.91 Å². The topological polar surface area (TPSA) is 57.0 Å². The molecule has 0 N–H and O–H groups in total. The van der Waals surface area contributed by atoms with Gasteiger partial charge >= 0.3 is 0 Å². The maximum atomic E-state index is 12.8. The van der Waals surface area contributed by atoms with Crippen LogP contribution in [-0.4, -0.2) is 17.4 Å². The molecular formula is C19H15N3O. The molecule has 1 aromatic heterocycles. The second kappa shape index (κ2) is 6.29. The second-order valence-corrected chi connectivity index (χ2v) is 5.12. The highest BCUT2D eigenvalue weighted by Crippen LogP contribution is 2.20. The summed E-state index contributed by atoms with van der Waals surface area (Å²) in [6.45, 7) is 2.48. The summed E-state index contributed by atoms with van der Waals surface area (Å²) in [6.07, 6.45) is 1.74. The maximum Gasteiger partial charge on any atom is 0.258 e. The van der Waals surface area contributed by atoms with E-state index in [1.54, 1.807) is 41.4 Å². The fraction of sp³-hybridized carbons (Fsp3) is 0.105. The molecule has 0 bridgehead atoms. The smallest absolute Gasteiger partial charge is 0.258 e. The predicted molar refractivity (Wildman–Crippen MR) is 90.3 cm³/mol. The number of carbonyl (C=O) groups is 1. The van der Waals surface area contributed by atoms with Crippen molar-refractivity contribution in [1.82, 2.24) is 4.98 Å². The van der Waals surface area contributed by atoms with Crippen LogP contribution in [0.3, 0.4) is 0 Å². The number of carbonyl (C=O) groups excluding carboxylic acids is 1. The minimum absolute atomic E-state index is 0.0667. The summed E-state index contributed by atoms with van der Waals surface area (Å²) >= 11 is 0. The number of rotatable bonds is 3. The summed E-state index contributed by atoms with van der Waals surface area (Å²) in [5.74, 6) is -0.0667. The van der Waals surface area contributed by atoms with Crippen molar-refractivity contribution in [1.29, 1.82) is 5.26 Å². The van der Waals surface area contributed by atoms with Crippen LogP contribution in [0.1, 0.15) is 22.8 Å². The molecule has 3 aromatic rings. The Morgan fingerprint density at radius 1 is 1.17 bits per heavy atom. The Morgan fingerprint density at radius 2 is 1.96 bits per heavy atom. The number of nitriles is 1. The third-order valence-electron chi connectivity index (χ3n) is 3.72. The van der Waals surface area contributed by atoms with E-state index in [0.717, 1.165) is 16.6 Å². The summed E-state index contributed by atoms with van der Waals surface area (Å²) in [5, 5.41) is 9.81. The summed E-state index contributed by atoms with van der Waals surface area (Å²) in [4.78, 5) is 18.8. The van der Waals surface area contributed by atoms with E-state index >= 15 is 0 Å². The lowest BCUT2D eigenvalue weighted by Gasteiger charge is -2.21. The Hall–Kier alpha value is -3.19. The van der Waals surface area contributed by atoms with Gasteiger partial charge in [-0.3, -0.25) is 9.78 Å². The summed E-state index contributed by atoms with van der Waals surface area (Å²) in [5.41, 5.74) is 2.85. The Balaban J connectivity index is 1.95. The quantitative estimate of drug-likeness (QED) is 0.740. The molecule has 0 aliphatic heterocycles. The number of aromatic nitrogens is 1. The van der Waals surface area contributed by atoms with Gasteiger partial charge in [0.15, 0.2) is 0 Å². The molecule has 4 heteroatoms. The number of hydrogen-bond donors (Lipinski definition) is 0. The van der Waals surface area contributed by atoms with E-state index in [0.29, 0.717) is 17.7 Å². The summed E-state index contributed by atoms with van der Waals surface area (Å²) in [6, 6.07) is 18.4. The molecule has 0 spiro atoms. The predicted octanol–water partition coefficient (Wildman–Crippen LogP) is 3.77. The van der Waals surface area contributed by atoms with Gasteiger partial charge in [0, 0.05) is 29.4 Å². The molecule has 0 aliphatic carbocycles. The van der Waals surface area contributed by atoms with Crippen molar-refractivity contribution < 1.29 is 4.79 Å². The van der Waals surface area contributed by atoms with Crippen LogP contribution in [0.15, 0.2) is 60.8 Å². The SMILES string of the molecule is CCN(C(=O)c1ccc2ncccc2c1)c1ccc(C#N)cc1. The van der Waals surface area contributed by atoms with Gasteiger partial charge in [0.1, 0.15) is 0 Å². The van der Waals surface area contributed by atoms with E-state index < -0.39 is 0 Å². The molecule has 0 unspecified atom stereocenters. The van der Waals surface area contributed by atoms with Crippen molar-refractivity contribution in [2.75, 3.05) is 11.4 Å². The normalized spacial score (nSPS) is 10.3. The first-order valence-electron chi connectivity index (χ1n) is 7.39. The van der Waals surface area contributed by atoms with Crippen LogP contribution in [0.25, 0.3) is 10.9 Å². The number of pyridine rings is 1. The first-order valence-corrected chi connectivity index (χ1v) is 7.39. The van der Waals surface area contributed by atoms with Gasteiger partial charge in [0.05, 0.1) is 17.1 Å². The second-order valence-electron chi connectivity index (χ2n) is 5.12. The third kappa shape index (κ3) is 2.90. The van der Waals surface area contributed by atoms with Gasteiger partial charge in [0.2, 0.25) is 0 Å². The van der Waals surface area contributed by atoms with Gasteiger partial charge in [-0.05, 0) is 55.5 Å². The van der Waals surface area contributed by atoms with E-state index in [1.807, 2.05) is 31.2 Å². The van der Waals surface area contributed by atoms with Crippen LogP contribution in [-0.2, 0) is 0 Å². The largest absolute Gasteiger partial charge is 0.309 e. The van der Waals surface area contributed by atoms with Crippen LogP contribution in [0, 0.1) is 11.3 Å². The molecule has 0 aliphatic rings. The maximum absolute atomic E-state index is 12.8. The van der Waals surface area contributed by atoms with Gasteiger partial charge in [-0.15, -0.1) is 0 Å².